The monoisotopic (exact) mass is 89.0 g/mol. The van der Waals surface area contributed by atoms with Gasteiger partial charge in [-0.05, 0) is 19.1 Å². The molecule has 0 heterocycles. The molecular weight excluding hydrogens is 84.1 g/mol. The Bertz CT molecular complexity index is 28.1. The summed E-state index contributed by atoms with van der Waals surface area (Å²) in [6.45, 7) is 3.79. The summed E-state index contributed by atoms with van der Waals surface area (Å²) in [5.74, 6) is 0. The molecule has 0 aliphatic rings. The van der Waals surface area contributed by atoms with E-state index in [1.165, 1.54) is 5.55 Å². The van der Waals surface area contributed by atoms with Gasteiger partial charge in [0.1, 0.15) is 5.55 Å². The zero-order valence-electron chi connectivity index (χ0n) is 2.81. The Morgan fingerprint density at radius 1 is 2.00 bits per heavy atom. The second-order valence-corrected chi connectivity index (χ2v) is 0.659. The molecule has 0 aromatic rings. The van der Waals surface area contributed by atoms with Gasteiger partial charge in [-0.25, -0.2) is 0 Å². The molecule has 29 valence electrons. The zero-order chi connectivity index (χ0) is 4.12. The van der Waals surface area contributed by atoms with Crippen LogP contribution in [0.4, 0.5) is 0 Å². The molecule has 0 N–H and O–H groups in total. The summed E-state index contributed by atoms with van der Waals surface area (Å²) in [5, 5.41) is 0. The minimum Gasteiger partial charge on any atom is -0.490 e. The van der Waals surface area contributed by atoms with Gasteiger partial charge in [0, 0.05) is 0 Å². The average Bonchev–Trinajstić information content (AvgIpc) is 1.41. The Kier molecular flexibility index (Phi) is 3.80. The molecule has 0 spiro atoms. The summed E-state index contributed by atoms with van der Waals surface area (Å²) in [6.07, 6.45) is 0. The smallest absolute Gasteiger partial charge is 0.146 e. The maximum absolute atomic E-state index is 4.41. The van der Waals surface area contributed by atoms with Crippen molar-refractivity contribution in [3.63, 3.8) is 0 Å². The molecule has 0 bridgehead atoms. The van der Waals surface area contributed by atoms with E-state index in [4.69, 9.17) is 0 Å². The highest BCUT2D eigenvalue weighted by Gasteiger charge is 1.58. The Hall–Kier alpha value is -0.110. The summed E-state index contributed by atoms with van der Waals surface area (Å²) >= 11 is 4.26. The average molecular weight is 89.1 g/mol. The van der Waals surface area contributed by atoms with Crippen molar-refractivity contribution in [2.45, 2.75) is 0 Å². The largest absolute Gasteiger partial charge is 0.490 e. The van der Waals surface area contributed by atoms with E-state index in [0.29, 0.717) is 6.61 Å². The predicted octanol–water partition coefficient (Wildman–Crippen LogP) is 0.794. The van der Waals surface area contributed by atoms with Crippen LogP contribution in [0.25, 0.3) is 0 Å². The van der Waals surface area contributed by atoms with Gasteiger partial charge in [0.15, 0.2) is 0 Å². The van der Waals surface area contributed by atoms with Crippen LogP contribution in [0.2, 0.25) is 0 Å². The van der Waals surface area contributed by atoms with Crippen molar-refractivity contribution in [1.29, 1.82) is 0 Å². The maximum Gasteiger partial charge on any atom is 0.146 e. The van der Waals surface area contributed by atoms with Gasteiger partial charge in [-0.1, -0.05) is 0 Å². The summed E-state index contributed by atoms with van der Waals surface area (Å²) in [4.78, 5) is 0. The minimum atomic E-state index is 0.434. The van der Waals surface area contributed by atoms with Crippen LogP contribution in [-0.2, 0) is 4.74 Å². The first kappa shape index (κ1) is 4.89. The first-order valence-electron chi connectivity index (χ1n) is 1.26. The lowest BCUT2D eigenvalue weighted by Crippen LogP contribution is -1.79. The van der Waals surface area contributed by atoms with Crippen molar-refractivity contribution in [3.8, 4) is 0 Å². The van der Waals surface area contributed by atoms with Crippen LogP contribution >= 0.6 is 12.2 Å². The Balaban J connectivity index is 2.40. The molecule has 0 atom stereocenters. The molecule has 0 saturated heterocycles. The van der Waals surface area contributed by atoms with Crippen LogP contribution in [0.1, 0.15) is 0 Å². The van der Waals surface area contributed by atoms with E-state index in [1.54, 1.807) is 0 Å². The maximum atomic E-state index is 4.41. The second-order valence-electron chi connectivity index (χ2n) is 0.467. The summed E-state index contributed by atoms with van der Waals surface area (Å²) in [7, 11) is 0. The van der Waals surface area contributed by atoms with Gasteiger partial charge in [0.2, 0.25) is 0 Å². The molecule has 2 heteroatoms. The summed E-state index contributed by atoms with van der Waals surface area (Å²) < 4.78 is 4.41. The highest BCUT2D eigenvalue weighted by Crippen LogP contribution is 1.58. The molecule has 0 rings (SSSR count). The van der Waals surface area contributed by atoms with E-state index in [2.05, 4.69) is 23.9 Å². The van der Waals surface area contributed by atoms with Crippen LogP contribution in [0.5, 0.6) is 0 Å². The molecule has 1 nitrogen and oxygen atoms in total. The molecule has 0 aliphatic heterocycles. The van der Waals surface area contributed by atoms with Crippen molar-refractivity contribution in [1.82, 2.24) is 0 Å². The first-order valence-corrected chi connectivity index (χ1v) is 1.73. The molecule has 0 amide bonds. The molecule has 0 fully saturated rings. The van der Waals surface area contributed by atoms with Gasteiger partial charge >= 0.3 is 0 Å². The molecule has 5 heavy (non-hydrogen) atoms. The fourth-order valence-electron chi connectivity index (χ4n) is 0.0481. The van der Waals surface area contributed by atoms with Crippen LogP contribution < -0.4 is 0 Å². The topological polar surface area (TPSA) is 9.23 Å². The molecule has 1 radical (unpaired) electrons. The number of hydrogen-bond donors (Lipinski definition) is 0. The van der Waals surface area contributed by atoms with Crippen LogP contribution in [0.3, 0.4) is 0 Å². The lowest BCUT2D eigenvalue weighted by atomic mass is 10.9. The van der Waals surface area contributed by atoms with E-state index in [9.17, 15) is 0 Å². The van der Waals surface area contributed by atoms with E-state index in [1.807, 2.05) is 0 Å². The van der Waals surface area contributed by atoms with Crippen LogP contribution in [-0.4, -0.2) is 12.2 Å². The minimum absolute atomic E-state index is 0.434. The van der Waals surface area contributed by atoms with E-state index in [-0.39, 0.29) is 0 Å². The molecule has 0 unspecified atom stereocenters. The predicted molar refractivity (Wildman–Crippen MR) is 25.0 cm³/mol. The molecule has 0 aromatic heterocycles. The fourth-order valence-corrected chi connectivity index (χ4v) is 0.144. The zero-order valence-corrected chi connectivity index (χ0v) is 3.62. The number of rotatable bonds is 2. The van der Waals surface area contributed by atoms with E-state index >= 15 is 0 Å². The molecule has 0 aliphatic carbocycles. The lowest BCUT2D eigenvalue weighted by molar-refractivity contribution is 0.374. The number of hydrogen-bond acceptors (Lipinski definition) is 2. The van der Waals surface area contributed by atoms with Gasteiger partial charge in [0.25, 0.3) is 0 Å². The van der Waals surface area contributed by atoms with Crippen molar-refractivity contribution >= 4 is 17.8 Å². The highest BCUT2D eigenvalue weighted by atomic mass is 32.1. The molecule has 0 saturated carbocycles. The van der Waals surface area contributed by atoms with Crippen molar-refractivity contribution in [2.75, 3.05) is 6.61 Å². The Morgan fingerprint density at radius 2 is 2.60 bits per heavy atom. The van der Waals surface area contributed by atoms with Crippen LogP contribution in [0, 0.1) is 6.92 Å². The molecular formula is C3H5OS. The third-order valence-corrected chi connectivity index (χ3v) is 0.322. The Labute approximate surface area is 36.9 Å². The highest BCUT2D eigenvalue weighted by molar-refractivity contribution is 7.78. The summed E-state index contributed by atoms with van der Waals surface area (Å²) in [5.41, 5.74) is 1.20. The third-order valence-electron chi connectivity index (χ3n) is 0.186. The number of ether oxygens (including phenoxy) is 1. The van der Waals surface area contributed by atoms with Gasteiger partial charge in [-0.2, -0.15) is 0 Å². The van der Waals surface area contributed by atoms with Gasteiger partial charge in [0.05, 0.1) is 6.61 Å². The van der Waals surface area contributed by atoms with E-state index in [0.717, 1.165) is 0 Å². The lowest BCUT2D eigenvalue weighted by Gasteiger charge is -1.82. The van der Waals surface area contributed by atoms with Gasteiger partial charge in [-0.3, -0.25) is 0 Å². The summed E-state index contributed by atoms with van der Waals surface area (Å²) in [6, 6.07) is 0. The second kappa shape index (κ2) is 3.89. The fraction of sp³-hybridized carbons (Fsp3) is 0.333. The first-order chi connectivity index (χ1) is 2.41. The SMILES string of the molecule is [CH2]COC=S. The quantitative estimate of drug-likeness (QED) is 0.463. The van der Waals surface area contributed by atoms with Crippen LogP contribution in [0.15, 0.2) is 0 Å². The van der Waals surface area contributed by atoms with E-state index < -0.39 is 0 Å². The van der Waals surface area contributed by atoms with Gasteiger partial charge < -0.3 is 4.74 Å². The normalized spacial score (nSPS) is 6.60. The van der Waals surface area contributed by atoms with Crippen molar-refractivity contribution in [2.24, 2.45) is 0 Å². The number of thiocarbonyl (C=S) groups is 1. The van der Waals surface area contributed by atoms with Crippen molar-refractivity contribution in [3.05, 3.63) is 6.92 Å². The Morgan fingerprint density at radius 3 is 2.60 bits per heavy atom. The van der Waals surface area contributed by atoms with Gasteiger partial charge in [-0.15, -0.1) is 0 Å². The molecule has 0 aromatic carbocycles. The third kappa shape index (κ3) is 3.89. The van der Waals surface area contributed by atoms with Crippen molar-refractivity contribution < 1.29 is 4.74 Å². The standard InChI is InChI=1S/C3H5OS/c1-2-4-3-5/h3H,1-2H2.